The van der Waals surface area contributed by atoms with Crippen LogP contribution in [0.4, 0.5) is 0 Å². The molecule has 4 unspecified atom stereocenters. The molecule has 4 atom stereocenters. The quantitative estimate of drug-likeness (QED) is 0.853. The van der Waals surface area contributed by atoms with Gasteiger partial charge in [-0.05, 0) is 55.4 Å². The molecule has 2 bridgehead atoms. The van der Waals surface area contributed by atoms with E-state index in [9.17, 15) is 9.59 Å². The van der Waals surface area contributed by atoms with Gasteiger partial charge in [0, 0.05) is 0 Å². The second-order valence-corrected chi connectivity index (χ2v) is 7.54. The summed E-state index contributed by atoms with van der Waals surface area (Å²) in [5.41, 5.74) is 1.22. The van der Waals surface area contributed by atoms with E-state index in [1.807, 2.05) is 0 Å². The molecule has 3 aliphatic carbocycles. The van der Waals surface area contributed by atoms with Crippen molar-refractivity contribution >= 4 is 5.97 Å². The number of aryl methyl sites for hydroxylation is 1. The molecule has 1 heterocycles. The van der Waals surface area contributed by atoms with Crippen LogP contribution in [-0.4, -0.2) is 22.3 Å². The van der Waals surface area contributed by atoms with Crippen molar-refractivity contribution in [1.82, 2.24) is 10.2 Å². The lowest BCUT2D eigenvalue weighted by atomic mass is 9.45. The first-order valence-electron chi connectivity index (χ1n) is 8.00. The van der Waals surface area contributed by atoms with Crippen molar-refractivity contribution < 1.29 is 9.53 Å². The lowest BCUT2D eigenvalue weighted by Crippen LogP contribution is -2.57. The second-order valence-electron chi connectivity index (χ2n) is 7.54. The lowest BCUT2D eigenvalue weighted by molar-refractivity contribution is -0.156. The number of H-pyrrole nitrogens is 1. The summed E-state index contributed by atoms with van der Waals surface area (Å²) in [5, 5.41) is 6.24. The van der Waals surface area contributed by atoms with Gasteiger partial charge in [0.25, 0.3) is 5.56 Å². The highest BCUT2D eigenvalue weighted by molar-refractivity contribution is 5.90. The molecule has 3 saturated carbocycles. The highest BCUT2D eigenvalue weighted by Crippen LogP contribution is 2.61. The van der Waals surface area contributed by atoms with Gasteiger partial charge in [-0.1, -0.05) is 20.8 Å². The van der Waals surface area contributed by atoms with E-state index in [-0.39, 0.29) is 11.7 Å². The normalized spacial score (nSPS) is 32.2. The van der Waals surface area contributed by atoms with Crippen LogP contribution in [0.2, 0.25) is 0 Å². The van der Waals surface area contributed by atoms with Crippen molar-refractivity contribution in [3.63, 3.8) is 0 Å². The number of aromatic amines is 1. The standard InChI is InChI=1S/C17H24N2O3/c1-8-10(3)18-19-15(20)14(8)16(21)22-13-7-11-6-12(9(13)2)17(11,4)5/h9,11-13H,6-7H2,1-5H3,(H,19,20). The first-order valence-corrected chi connectivity index (χ1v) is 8.00. The zero-order chi connectivity index (χ0) is 16.2. The predicted molar refractivity (Wildman–Crippen MR) is 82.7 cm³/mol. The molecule has 3 fully saturated rings. The molecule has 0 aromatic carbocycles. The minimum Gasteiger partial charge on any atom is -0.458 e. The maximum Gasteiger partial charge on any atom is 0.344 e. The van der Waals surface area contributed by atoms with Crippen LogP contribution in [0.5, 0.6) is 0 Å². The highest BCUT2D eigenvalue weighted by atomic mass is 16.5. The average molecular weight is 304 g/mol. The number of hydrogen-bond donors (Lipinski definition) is 1. The first-order chi connectivity index (χ1) is 10.2. The van der Waals surface area contributed by atoms with Crippen molar-refractivity contribution in [2.75, 3.05) is 0 Å². The number of aromatic nitrogens is 2. The van der Waals surface area contributed by atoms with E-state index in [1.54, 1.807) is 13.8 Å². The topological polar surface area (TPSA) is 72.0 Å². The molecule has 1 N–H and O–H groups in total. The van der Waals surface area contributed by atoms with E-state index in [4.69, 9.17) is 4.74 Å². The van der Waals surface area contributed by atoms with Gasteiger partial charge in [0.05, 0.1) is 5.69 Å². The Bertz CT molecular complexity index is 677. The van der Waals surface area contributed by atoms with Crippen LogP contribution in [-0.2, 0) is 4.74 Å². The van der Waals surface area contributed by atoms with Crippen molar-refractivity contribution in [3.8, 4) is 0 Å². The third-order valence-electron chi connectivity index (χ3n) is 6.22. The average Bonchev–Trinajstić information content (AvgIpc) is 2.45. The van der Waals surface area contributed by atoms with Crippen LogP contribution in [0.15, 0.2) is 4.79 Å². The number of rotatable bonds is 2. The van der Waals surface area contributed by atoms with Crippen molar-refractivity contribution in [3.05, 3.63) is 27.2 Å². The summed E-state index contributed by atoms with van der Waals surface area (Å²) in [7, 11) is 0. The monoisotopic (exact) mass is 304 g/mol. The summed E-state index contributed by atoms with van der Waals surface area (Å²) < 4.78 is 5.71. The summed E-state index contributed by atoms with van der Waals surface area (Å²) in [4.78, 5) is 24.4. The zero-order valence-electron chi connectivity index (χ0n) is 13.9. The molecule has 0 aliphatic heterocycles. The molecule has 5 nitrogen and oxygen atoms in total. The van der Waals surface area contributed by atoms with Gasteiger partial charge in [0.15, 0.2) is 0 Å². The Balaban J connectivity index is 1.79. The van der Waals surface area contributed by atoms with Crippen LogP contribution >= 0.6 is 0 Å². The Morgan fingerprint density at radius 2 is 2.00 bits per heavy atom. The summed E-state index contributed by atoms with van der Waals surface area (Å²) in [6, 6.07) is 0. The molecule has 22 heavy (non-hydrogen) atoms. The number of ether oxygens (including phenoxy) is 1. The molecule has 120 valence electrons. The summed E-state index contributed by atoms with van der Waals surface area (Å²) >= 11 is 0. The van der Waals surface area contributed by atoms with E-state index in [0.29, 0.717) is 34.4 Å². The molecular weight excluding hydrogens is 280 g/mol. The molecule has 0 radical (unpaired) electrons. The van der Waals surface area contributed by atoms with Crippen LogP contribution in [0, 0.1) is 37.0 Å². The summed E-state index contributed by atoms with van der Waals surface area (Å²) in [6.07, 6.45) is 2.05. The van der Waals surface area contributed by atoms with Crippen LogP contribution in [0.1, 0.15) is 55.2 Å². The molecule has 0 amide bonds. The van der Waals surface area contributed by atoms with Crippen molar-refractivity contribution in [2.45, 2.75) is 53.6 Å². The van der Waals surface area contributed by atoms with Crippen molar-refractivity contribution in [1.29, 1.82) is 0 Å². The lowest BCUT2D eigenvalue weighted by Gasteiger charge is -2.61. The number of esters is 1. The minimum atomic E-state index is -0.514. The largest absolute Gasteiger partial charge is 0.458 e. The number of nitrogens with one attached hydrogen (secondary N) is 1. The fraction of sp³-hybridized carbons (Fsp3) is 0.706. The van der Waals surface area contributed by atoms with Crippen LogP contribution < -0.4 is 5.56 Å². The molecular formula is C17H24N2O3. The molecule has 4 rings (SSSR count). The highest BCUT2D eigenvalue weighted by Gasteiger charge is 2.57. The van der Waals surface area contributed by atoms with Crippen LogP contribution in [0.25, 0.3) is 0 Å². The van der Waals surface area contributed by atoms with Crippen molar-refractivity contribution in [2.24, 2.45) is 23.2 Å². The molecule has 1 aromatic heterocycles. The van der Waals surface area contributed by atoms with Crippen LogP contribution in [0.3, 0.4) is 0 Å². The SMILES string of the molecule is Cc1n[nH]c(=O)c(C(=O)OC2CC3CC(C2C)C3(C)C)c1C. The molecule has 5 heteroatoms. The third-order valence-corrected chi connectivity index (χ3v) is 6.22. The number of carbonyl (C=O) groups excluding carboxylic acids is 1. The van der Waals surface area contributed by atoms with E-state index in [2.05, 4.69) is 31.0 Å². The summed E-state index contributed by atoms with van der Waals surface area (Å²) in [6.45, 7) is 10.3. The number of hydrogen-bond acceptors (Lipinski definition) is 4. The van der Waals surface area contributed by atoms with Gasteiger partial charge in [-0.3, -0.25) is 4.79 Å². The summed E-state index contributed by atoms with van der Waals surface area (Å²) in [5.74, 6) is 1.04. The van der Waals surface area contributed by atoms with E-state index in [1.165, 1.54) is 6.42 Å². The van der Waals surface area contributed by atoms with Gasteiger partial charge in [0.1, 0.15) is 11.7 Å². The molecule has 1 aromatic rings. The fourth-order valence-electron chi connectivity index (χ4n) is 4.33. The first kappa shape index (κ1) is 15.3. The smallest absolute Gasteiger partial charge is 0.344 e. The van der Waals surface area contributed by atoms with Gasteiger partial charge in [-0.25, -0.2) is 9.89 Å². The number of carbonyl (C=O) groups is 1. The Morgan fingerprint density at radius 3 is 2.59 bits per heavy atom. The maximum atomic E-state index is 12.5. The van der Waals surface area contributed by atoms with E-state index >= 15 is 0 Å². The van der Waals surface area contributed by atoms with Gasteiger partial charge in [-0.15, -0.1) is 0 Å². The Labute approximate surface area is 130 Å². The molecule has 0 spiro atoms. The van der Waals surface area contributed by atoms with Gasteiger partial charge < -0.3 is 4.74 Å². The van der Waals surface area contributed by atoms with Gasteiger partial charge in [0.2, 0.25) is 0 Å². The molecule has 3 aliphatic rings. The number of fused-ring (bicyclic) bond motifs is 2. The van der Waals surface area contributed by atoms with Gasteiger partial charge >= 0.3 is 5.97 Å². The minimum absolute atomic E-state index is 0.0865. The Morgan fingerprint density at radius 1 is 1.32 bits per heavy atom. The fourth-order valence-corrected chi connectivity index (χ4v) is 4.33. The predicted octanol–water partition coefficient (Wildman–Crippen LogP) is 2.61. The Hall–Kier alpha value is -1.65. The van der Waals surface area contributed by atoms with Gasteiger partial charge in [-0.2, -0.15) is 5.10 Å². The van der Waals surface area contributed by atoms with E-state index in [0.717, 1.165) is 6.42 Å². The third kappa shape index (κ3) is 2.09. The number of nitrogens with zero attached hydrogens (tertiary/aromatic N) is 1. The molecule has 0 saturated heterocycles. The zero-order valence-corrected chi connectivity index (χ0v) is 13.9. The second kappa shape index (κ2) is 4.93. The Kier molecular flexibility index (Phi) is 3.42. The maximum absolute atomic E-state index is 12.5. The van der Waals surface area contributed by atoms with E-state index < -0.39 is 11.5 Å².